The van der Waals surface area contributed by atoms with Crippen LogP contribution in [0.5, 0.6) is 0 Å². The number of anilines is 1. The molecule has 7 heteroatoms. The van der Waals surface area contributed by atoms with E-state index in [0.717, 1.165) is 15.4 Å². The number of rotatable bonds is 5. The minimum Gasteiger partial charge on any atom is -0.369 e. The van der Waals surface area contributed by atoms with Crippen LogP contribution >= 0.6 is 0 Å². The summed E-state index contributed by atoms with van der Waals surface area (Å²) in [6.45, 7) is 7.63. The third kappa shape index (κ3) is 2.81. The maximum Gasteiger partial charge on any atom is 0.330 e. The Labute approximate surface area is 145 Å². The molecule has 132 valence electrons. The van der Waals surface area contributed by atoms with Crippen molar-refractivity contribution in [2.45, 2.75) is 31.7 Å². The first-order chi connectivity index (χ1) is 11.9. The molecule has 0 bridgehead atoms. The second-order valence-corrected chi connectivity index (χ2v) is 6.46. The maximum absolute atomic E-state index is 12.4. The van der Waals surface area contributed by atoms with Crippen LogP contribution in [0.25, 0.3) is 0 Å². The van der Waals surface area contributed by atoms with Crippen LogP contribution in [0.15, 0.2) is 53.6 Å². The van der Waals surface area contributed by atoms with Gasteiger partial charge in [-0.2, -0.15) is 0 Å². The van der Waals surface area contributed by atoms with Crippen molar-refractivity contribution in [3.8, 4) is 0 Å². The lowest BCUT2D eigenvalue weighted by Gasteiger charge is -2.21. The predicted octanol–water partition coefficient (Wildman–Crippen LogP) is 2.07. The van der Waals surface area contributed by atoms with E-state index in [0.29, 0.717) is 5.76 Å². The van der Waals surface area contributed by atoms with Crippen LogP contribution in [0.2, 0.25) is 0 Å². The summed E-state index contributed by atoms with van der Waals surface area (Å²) >= 11 is 0. The molecule has 2 heterocycles. The lowest BCUT2D eigenvalue weighted by atomic mass is 9.82. The topological polar surface area (TPSA) is 90.0 Å². The molecule has 1 aliphatic rings. The molecule has 1 saturated heterocycles. The maximum atomic E-state index is 12.4. The van der Waals surface area contributed by atoms with Crippen molar-refractivity contribution >= 4 is 11.8 Å². The molecule has 1 fully saturated rings. The fraction of sp³-hybridized carbons (Fsp3) is 0.333. The number of amides is 2. The lowest BCUT2D eigenvalue weighted by Crippen LogP contribution is -2.37. The molecule has 2 N–H and O–H groups in total. The molecule has 2 atom stereocenters. The summed E-state index contributed by atoms with van der Waals surface area (Å²) in [4.78, 5) is 14.6. The number of benzene rings is 1. The molecule has 7 nitrogen and oxygen atoms in total. The average molecular weight is 343 g/mol. The molecular formula is C18H21N3O4. The highest BCUT2D eigenvalue weighted by Crippen LogP contribution is 2.35. The normalized spacial score (nSPS) is 21.0. The van der Waals surface area contributed by atoms with Crippen molar-refractivity contribution in [2.24, 2.45) is 0 Å². The van der Waals surface area contributed by atoms with Crippen molar-refractivity contribution in [1.29, 1.82) is 0 Å². The number of aromatic nitrogens is 1. The summed E-state index contributed by atoms with van der Waals surface area (Å²) in [6, 6.07) is 10.8. The molecule has 1 aliphatic heterocycles. The summed E-state index contributed by atoms with van der Waals surface area (Å²) in [5.74, 6) is 0.701. The first-order valence-corrected chi connectivity index (χ1v) is 7.97. The third-order valence-electron chi connectivity index (χ3n) is 4.48. The van der Waals surface area contributed by atoms with Crippen LogP contribution < -0.4 is 4.90 Å². The summed E-state index contributed by atoms with van der Waals surface area (Å²) < 4.78 is 5.45. The van der Waals surface area contributed by atoms with Crippen LogP contribution in [0, 0.1) is 0 Å². The summed E-state index contributed by atoms with van der Waals surface area (Å²) in [7, 11) is 0. The van der Waals surface area contributed by atoms with Gasteiger partial charge in [-0.25, -0.2) is 9.69 Å². The first kappa shape index (κ1) is 17.2. The Morgan fingerprint density at radius 1 is 1.28 bits per heavy atom. The van der Waals surface area contributed by atoms with Crippen molar-refractivity contribution in [1.82, 2.24) is 10.1 Å². The molecule has 1 aromatic carbocycles. The molecule has 1 aromatic heterocycles. The smallest absolute Gasteiger partial charge is 0.330 e. The van der Waals surface area contributed by atoms with Gasteiger partial charge in [0.2, 0.25) is 0 Å². The highest BCUT2D eigenvalue weighted by molar-refractivity contribution is 5.94. The Morgan fingerprint density at radius 2 is 1.96 bits per heavy atom. The van der Waals surface area contributed by atoms with E-state index in [9.17, 15) is 15.0 Å². The Bertz CT molecular complexity index is 772. The Morgan fingerprint density at radius 3 is 2.60 bits per heavy atom. The van der Waals surface area contributed by atoms with Gasteiger partial charge < -0.3 is 14.7 Å². The molecule has 25 heavy (non-hydrogen) atoms. The van der Waals surface area contributed by atoms with Gasteiger partial charge in [0.15, 0.2) is 18.3 Å². The molecule has 2 unspecified atom stereocenters. The number of hydrogen-bond acceptors (Lipinski definition) is 5. The molecule has 0 spiro atoms. The van der Waals surface area contributed by atoms with Gasteiger partial charge in [-0.15, -0.1) is 6.58 Å². The largest absolute Gasteiger partial charge is 0.369 e. The number of carbonyl (C=O) groups is 1. The van der Waals surface area contributed by atoms with E-state index in [1.54, 1.807) is 6.07 Å². The van der Waals surface area contributed by atoms with Gasteiger partial charge in [0.05, 0.1) is 5.41 Å². The lowest BCUT2D eigenvalue weighted by molar-refractivity contribution is -0.0236. The van der Waals surface area contributed by atoms with Gasteiger partial charge in [-0.3, -0.25) is 4.90 Å². The second-order valence-electron chi connectivity index (χ2n) is 6.46. The van der Waals surface area contributed by atoms with Crippen LogP contribution in [-0.4, -0.2) is 45.3 Å². The van der Waals surface area contributed by atoms with Crippen molar-refractivity contribution in [3.05, 3.63) is 60.4 Å². The number of aliphatic hydroxyl groups is 2. The second kappa shape index (κ2) is 6.34. The number of urea groups is 1. The molecule has 2 aromatic rings. The minimum absolute atomic E-state index is 0.119. The number of nitrogens with zero attached hydrogens (tertiary/aromatic N) is 3. The van der Waals surface area contributed by atoms with Crippen LogP contribution in [0.3, 0.4) is 0 Å². The zero-order valence-electron chi connectivity index (χ0n) is 14.2. The standard InChI is InChI=1S/C18H21N3O4/c1-4-10-20-15(22)16(23)21(17(20)24)14-11-13(25-19-14)18(2,3)12-8-6-5-7-9-12/h4-9,11,15-16,22-23H,1,10H2,2-3H3. The zero-order valence-corrected chi connectivity index (χ0v) is 14.2. The average Bonchev–Trinajstić information content (AvgIpc) is 3.16. The van der Waals surface area contributed by atoms with Crippen molar-refractivity contribution < 1.29 is 19.5 Å². The highest BCUT2D eigenvalue weighted by atomic mass is 16.5. The van der Waals surface area contributed by atoms with E-state index < -0.39 is 23.9 Å². The van der Waals surface area contributed by atoms with E-state index in [1.165, 1.54) is 6.08 Å². The Kier molecular flexibility index (Phi) is 4.36. The monoisotopic (exact) mass is 343 g/mol. The van der Waals surface area contributed by atoms with Crippen LogP contribution in [0.4, 0.5) is 10.6 Å². The molecule has 0 radical (unpaired) electrons. The zero-order chi connectivity index (χ0) is 18.2. The quantitative estimate of drug-likeness (QED) is 0.811. The minimum atomic E-state index is -1.43. The van der Waals surface area contributed by atoms with E-state index in [2.05, 4.69) is 11.7 Å². The van der Waals surface area contributed by atoms with Gasteiger partial charge in [0.25, 0.3) is 0 Å². The van der Waals surface area contributed by atoms with Gasteiger partial charge >= 0.3 is 6.03 Å². The van der Waals surface area contributed by atoms with Gasteiger partial charge in [0, 0.05) is 12.6 Å². The highest BCUT2D eigenvalue weighted by Gasteiger charge is 2.46. The third-order valence-corrected chi connectivity index (χ3v) is 4.48. The van der Waals surface area contributed by atoms with Crippen molar-refractivity contribution in [3.63, 3.8) is 0 Å². The summed E-state index contributed by atoms with van der Waals surface area (Å²) in [6.07, 6.45) is -1.30. The van der Waals surface area contributed by atoms with E-state index in [-0.39, 0.29) is 12.4 Å². The number of carbonyl (C=O) groups excluding carboxylic acids is 1. The number of aliphatic hydroxyl groups excluding tert-OH is 2. The van der Waals surface area contributed by atoms with Gasteiger partial charge in [-0.05, 0) is 19.4 Å². The Hall–Kier alpha value is -2.64. The molecular weight excluding hydrogens is 322 g/mol. The van der Waals surface area contributed by atoms with E-state index >= 15 is 0 Å². The first-order valence-electron chi connectivity index (χ1n) is 7.97. The number of hydrogen-bond donors (Lipinski definition) is 2. The van der Waals surface area contributed by atoms with Crippen molar-refractivity contribution in [2.75, 3.05) is 11.4 Å². The molecule has 0 aliphatic carbocycles. The fourth-order valence-electron chi connectivity index (χ4n) is 2.89. The predicted molar refractivity (Wildman–Crippen MR) is 91.9 cm³/mol. The van der Waals surface area contributed by atoms with Crippen LogP contribution in [0.1, 0.15) is 25.2 Å². The van der Waals surface area contributed by atoms with Crippen LogP contribution in [-0.2, 0) is 5.41 Å². The molecule has 3 rings (SSSR count). The molecule has 2 amide bonds. The van der Waals surface area contributed by atoms with Gasteiger partial charge in [-0.1, -0.05) is 41.6 Å². The summed E-state index contributed by atoms with van der Waals surface area (Å²) in [5, 5.41) is 24.2. The van der Waals surface area contributed by atoms with E-state index in [4.69, 9.17) is 4.52 Å². The Balaban J connectivity index is 1.91. The molecule has 0 saturated carbocycles. The fourth-order valence-corrected chi connectivity index (χ4v) is 2.89. The summed E-state index contributed by atoms with van der Waals surface area (Å²) in [5.41, 5.74) is 0.555. The van der Waals surface area contributed by atoms with Gasteiger partial charge in [0.1, 0.15) is 5.76 Å². The SMILES string of the molecule is C=CCN1C(=O)N(c2cc(C(C)(C)c3ccccc3)on2)C(O)C1O. The van der Waals surface area contributed by atoms with E-state index in [1.807, 2.05) is 44.2 Å².